The van der Waals surface area contributed by atoms with Gasteiger partial charge < -0.3 is 10.4 Å². The molecule has 1 saturated heterocycles. The second-order valence-corrected chi connectivity index (χ2v) is 9.64. The Labute approximate surface area is 189 Å². The SMILES string of the molecule is O=C(Cn1nc(C(=O)O)c2ccccc2c1=O)Nc1ccc(S(=O)(=O)N2CCCCC2)cc1. The molecule has 0 radical (unpaired) electrons. The molecule has 2 heterocycles. The number of piperidine rings is 1. The molecule has 1 aliphatic heterocycles. The summed E-state index contributed by atoms with van der Waals surface area (Å²) in [6.45, 7) is 0.483. The molecule has 4 rings (SSSR count). The molecule has 0 bridgehead atoms. The van der Waals surface area contributed by atoms with Gasteiger partial charge in [0.2, 0.25) is 15.9 Å². The van der Waals surface area contributed by atoms with E-state index in [1.165, 1.54) is 40.7 Å². The molecule has 33 heavy (non-hydrogen) atoms. The predicted octanol–water partition coefficient (Wildman–Crippen LogP) is 1.91. The van der Waals surface area contributed by atoms with Crippen LogP contribution in [-0.2, 0) is 21.4 Å². The summed E-state index contributed by atoms with van der Waals surface area (Å²) >= 11 is 0. The van der Waals surface area contributed by atoms with Gasteiger partial charge in [-0.1, -0.05) is 24.6 Å². The standard InChI is InChI=1S/C22H22N4O6S/c27-19(14-26-21(28)18-7-3-2-6-17(18)20(24-26)22(29)30)23-15-8-10-16(11-9-15)33(31,32)25-12-4-1-5-13-25/h2-3,6-11H,1,4-5,12-14H2,(H,23,27)(H,29,30). The van der Waals surface area contributed by atoms with Crippen LogP contribution >= 0.6 is 0 Å². The predicted molar refractivity (Wildman–Crippen MR) is 121 cm³/mol. The van der Waals surface area contributed by atoms with Crippen molar-refractivity contribution in [2.24, 2.45) is 0 Å². The van der Waals surface area contributed by atoms with Crippen molar-refractivity contribution in [3.05, 3.63) is 64.6 Å². The third kappa shape index (κ3) is 4.64. The summed E-state index contributed by atoms with van der Waals surface area (Å²) in [5.74, 6) is -1.92. The lowest BCUT2D eigenvalue weighted by Gasteiger charge is -2.25. The molecule has 0 aliphatic carbocycles. The van der Waals surface area contributed by atoms with Gasteiger partial charge in [-0.2, -0.15) is 9.40 Å². The van der Waals surface area contributed by atoms with Crippen LogP contribution in [0.2, 0.25) is 0 Å². The highest BCUT2D eigenvalue weighted by Gasteiger charge is 2.25. The van der Waals surface area contributed by atoms with E-state index >= 15 is 0 Å². The number of aromatic nitrogens is 2. The maximum absolute atomic E-state index is 12.7. The molecule has 10 nitrogen and oxygen atoms in total. The Morgan fingerprint density at radius 1 is 0.970 bits per heavy atom. The summed E-state index contributed by atoms with van der Waals surface area (Å²) in [5.41, 5.74) is -0.580. The van der Waals surface area contributed by atoms with Gasteiger partial charge in [0.15, 0.2) is 5.69 Å². The van der Waals surface area contributed by atoms with Crippen LogP contribution in [0.1, 0.15) is 29.8 Å². The Kier molecular flexibility index (Phi) is 6.25. The number of fused-ring (bicyclic) bond motifs is 1. The van der Waals surface area contributed by atoms with Crippen LogP contribution in [0.4, 0.5) is 5.69 Å². The van der Waals surface area contributed by atoms with Gasteiger partial charge in [0, 0.05) is 24.2 Å². The quantitative estimate of drug-likeness (QED) is 0.561. The van der Waals surface area contributed by atoms with Gasteiger partial charge in [-0.15, -0.1) is 0 Å². The normalized spacial score (nSPS) is 14.8. The lowest BCUT2D eigenvalue weighted by molar-refractivity contribution is -0.117. The molecule has 0 atom stereocenters. The molecule has 3 aromatic rings. The monoisotopic (exact) mass is 470 g/mol. The zero-order valence-corrected chi connectivity index (χ0v) is 18.4. The van der Waals surface area contributed by atoms with Crippen molar-refractivity contribution in [3.8, 4) is 0 Å². The van der Waals surface area contributed by atoms with Gasteiger partial charge in [0.25, 0.3) is 5.56 Å². The second kappa shape index (κ2) is 9.12. The van der Waals surface area contributed by atoms with E-state index in [1.54, 1.807) is 12.1 Å². The number of carbonyl (C=O) groups excluding carboxylic acids is 1. The van der Waals surface area contributed by atoms with Gasteiger partial charge in [-0.05, 0) is 43.2 Å². The fourth-order valence-corrected chi connectivity index (χ4v) is 5.32. The summed E-state index contributed by atoms with van der Waals surface area (Å²) in [5, 5.41) is 16.2. The number of rotatable bonds is 6. The minimum absolute atomic E-state index is 0.140. The van der Waals surface area contributed by atoms with E-state index in [0.717, 1.165) is 23.9 Å². The molecule has 172 valence electrons. The van der Waals surface area contributed by atoms with E-state index in [2.05, 4.69) is 10.4 Å². The topological polar surface area (TPSA) is 139 Å². The van der Waals surface area contributed by atoms with E-state index in [4.69, 9.17) is 0 Å². The van der Waals surface area contributed by atoms with Gasteiger partial charge in [-0.3, -0.25) is 9.59 Å². The average molecular weight is 471 g/mol. The van der Waals surface area contributed by atoms with Crippen LogP contribution in [0.5, 0.6) is 0 Å². The molecule has 1 fully saturated rings. The van der Waals surface area contributed by atoms with Crippen LogP contribution in [0, 0.1) is 0 Å². The second-order valence-electron chi connectivity index (χ2n) is 7.70. The van der Waals surface area contributed by atoms with Crippen molar-refractivity contribution in [1.82, 2.24) is 14.1 Å². The number of anilines is 1. The minimum Gasteiger partial charge on any atom is -0.476 e. The van der Waals surface area contributed by atoms with Crippen molar-refractivity contribution < 1.29 is 23.1 Å². The van der Waals surface area contributed by atoms with E-state index in [-0.39, 0.29) is 21.4 Å². The number of benzene rings is 2. The molecular formula is C22H22N4O6S. The first-order valence-electron chi connectivity index (χ1n) is 10.4. The first-order valence-corrected chi connectivity index (χ1v) is 11.8. The van der Waals surface area contributed by atoms with Crippen molar-refractivity contribution >= 4 is 38.4 Å². The van der Waals surface area contributed by atoms with Gasteiger partial charge in [-0.25, -0.2) is 17.9 Å². The number of carbonyl (C=O) groups is 2. The number of aromatic carboxylic acids is 1. The maximum atomic E-state index is 12.7. The van der Waals surface area contributed by atoms with Gasteiger partial charge >= 0.3 is 5.97 Å². The molecule has 1 amide bonds. The van der Waals surface area contributed by atoms with Crippen molar-refractivity contribution in [2.45, 2.75) is 30.7 Å². The van der Waals surface area contributed by atoms with Gasteiger partial charge in [0.05, 0.1) is 10.3 Å². The molecule has 2 N–H and O–H groups in total. The zero-order valence-electron chi connectivity index (χ0n) is 17.6. The van der Waals surface area contributed by atoms with Crippen LogP contribution in [0.3, 0.4) is 0 Å². The minimum atomic E-state index is -3.59. The van der Waals surface area contributed by atoms with E-state index < -0.39 is 34.0 Å². The Balaban J connectivity index is 1.52. The molecule has 0 saturated carbocycles. The number of sulfonamides is 1. The fraction of sp³-hybridized carbons (Fsp3) is 0.273. The number of hydrogen-bond donors (Lipinski definition) is 2. The molecule has 0 spiro atoms. The fourth-order valence-electron chi connectivity index (χ4n) is 3.80. The summed E-state index contributed by atoms with van der Waals surface area (Å²) < 4.78 is 27.7. The first kappa shape index (κ1) is 22.6. The lowest BCUT2D eigenvalue weighted by atomic mass is 10.1. The molecule has 2 aromatic carbocycles. The number of hydrogen-bond acceptors (Lipinski definition) is 6. The highest BCUT2D eigenvalue weighted by molar-refractivity contribution is 7.89. The third-order valence-corrected chi connectivity index (χ3v) is 7.37. The molecule has 11 heteroatoms. The van der Waals surface area contributed by atoms with Gasteiger partial charge in [0.1, 0.15) is 6.54 Å². The first-order chi connectivity index (χ1) is 15.8. The smallest absolute Gasteiger partial charge is 0.357 e. The molecular weight excluding hydrogens is 448 g/mol. The number of nitrogens with zero attached hydrogens (tertiary/aromatic N) is 3. The van der Waals surface area contributed by atoms with Crippen molar-refractivity contribution in [3.63, 3.8) is 0 Å². The van der Waals surface area contributed by atoms with E-state index in [0.29, 0.717) is 18.8 Å². The third-order valence-electron chi connectivity index (χ3n) is 5.45. The number of amides is 1. The summed E-state index contributed by atoms with van der Waals surface area (Å²) in [4.78, 5) is 36.8. The molecule has 0 unspecified atom stereocenters. The number of carboxylic acid groups (broad SMARTS) is 1. The van der Waals surface area contributed by atoms with Crippen molar-refractivity contribution in [2.75, 3.05) is 18.4 Å². The van der Waals surface area contributed by atoms with Crippen LogP contribution < -0.4 is 10.9 Å². The summed E-state index contributed by atoms with van der Waals surface area (Å²) in [7, 11) is -3.59. The molecule has 1 aromatic heterocycles. The Hall–Kier alpha value is -3.57. The van der Waals surface area contributed by atoms with Crippen LogP contribution in [0.25, 0.3) is 10.8 Å². The largest absolute Gasteiger partial charge is 0.476 e. The molecule has 1 aliphatic rings. The Morgan fingerprint density at radius 2 is 1.61 bits per heavy atom. The number of nitrogens with one attached hydrogen (secondary N) is 1. The van der Waals surface area contributed by atoms with E-state index in [9.17, 15) is 27.9 Å². The average Bonchev–Trinajstić information content (AvgIpc) is 2.81. The van der Waals surface area contributed by atoms with Crippen molar-refractivity contribution in [1.29, 1.82) is 0 Å². The maximum Gasteiger partial charge on any atom is 0.357 e. The van der Waals surface area contributed by atoms with Crippen LogP contribution in [-0.4, -0.2) is 52.6 Å². The lowest BCUT2D eigenvalue weighted by Crippen LogP contribution is -2.35. The summed E-state index contributed by atoms with van der Waals surface area (Å²) in [6, 6.07) is 11.9. The zero-order chi connectivity index (χ0) is 23.6. The van der Waals surface area contributed by atoms with E-state index in [1.807, 2.05) is 0 Å². The Bertz CT molecular complexity index is 1380. The highest BCUT2D eigenvalue weighted by atomic mass is 32.2. The van der Waals surface area contributed by atoms with Crippen LogP contribution in [0.15, 0.2) is 58.2 Å². The Morgan fingerprint density at radius 3 is 2.24 bits per heavy atom. The number of carboxylic acids is 1. The highest BCUT2D eigenvalue weighted by Crippen LogP contribution is 2.22. The summed E-state index contributed by atoms with van der Waals surface area (Å²) in [6.07, 6.45) is 2.68.